The molecular weight excluding hydrogens is 182 g/mol. The largest absolute Gasteiger partial charge is 0.333 e. The van der Waals surface area contributed by atoms with Gasteiger partial charge in [0.1, 0.15) is 5.69 Å². The molecule has 1 nitrogen and oxygen atoms in total. The average molecular weight is 197 g/mol. The summed E-state index contributed by atoms with van der Waals surface area (Å²) >= 11 is 0. The van der Waals surface area contributed by atoms with E-state index in [9.17, 15) is 0 Å². The predicted octanol–water partition coefficient (Wildman–Crippen LogP) is 2.90. The van der Waals surface area contributed by atoms with Gasteiger partial charge in [0.05, 0.1) is 6.20 Å². The van der Waals surface area contributed by atoms with Crippen molar-refractivity contribution in [3.63, 3.8) is 0 Å². The van der Waals surface area contributed by atoms with Crippen molar-refractivity contribution >= 4 is 0 Å². The van der Waals surface area contributed by atoms with E-state index in [4.69, 9.17) is 0 Å². The fourth-order valence-corrected chi connectivity index (χ4v) is 1.77. The van der Waals surface area contributed by atoms with Gasteiger partial charge in [-0.3, -0.25) is 0 Å². The lowest BCUT2D eigenvalue weighted by Gasteiger charge is -2.10. The van der Waals surface area contributed by atoms with Crippen molar-refractivity contribution in [3.05, 3.63) is 60.8 Å². The van der Waals surface area contributed by atoms with Crippen LogP contribution < -0.4 is 4.57 Å². The molecule has 0 spiro atoms. The Hall–Kier alpha value is -1.76. The highest BCUT2D eigenvalue weighted by Crippen LogP contribution is 2.19. The molecule has 76 valence electrons. The molecule has 0 fully saturated rings. The maximum absolute atomic E-state index is 4.02. The second-order valence-corrected chi connectivity index (χ2v) is 3.88. The van der Waals surface area contributed by atoms with Gasteiger partial charge in [-0.05, 0) is 36.6 Å². The summed E-state index contributed by atoms with van der Waals surface area (Å²) < 4.78 is 1.93. The van der Waals surface area contributed by atoms with Crippen LogP contribution in [-0.4, -0.2) is 0 Å². The van der Waals surface area contributed by atoms with Gasteiger partial charge in [0.2, 0.25) is 0 Å². The molecule has 2 aromatic rings. The first kappa shape index (κ1) is 9.78. The number of rotatable bonds is 1. The summed E-state index contributed by atoms with van der Waals surface area (Å²) in [4.78, 5) is 0. The summed E-state index contributed by atoms with van der Waals surface area (Å²) in [5.41, 5.74) is 4.90. The fourth-order valence-electron chi connectivity index (χ4n) is 1.77. The molecule has 2 rings (SSSR count). The Morgan fingerprint density at radius 2 is 1.73 bits per heavy atom. The second kappa shape index (κ2) is 3.77. The van der Waals surface area contributed by atoms with Gasteiger partial charge >= 0.3 is 0 Å². The molecule has 0 saturated heterocycles. The minimum Gasteiger partial charge on any atom is -0.333 e. The Kier molecular flexibility index (Phi) is 2.46. The molecule has 0 saturated carbocycles. The summed E-state index contributed by atoms with van der Waals surface area (Å²) in [6, 6.07) is 12.6. The Morgan fingerprint density at radius 3 is 2.40 bits per heavy atom. The summed E-state index contributed by atoms with van der Waals surface area (Å²) in [5.74, 6) is 0. The van der Waals surface area contributed by atoms with Gasteiger partial charge in [-0.1, -0.05) is 30.3 Å². The predicted molar refractivity (Wildman–Crippen MR) is 62.3 cm³/mol. The molecule has 1 heteroatoms. The van der Waals surface area contributed by atoms with Crippen molar-refractivity contribution < 1.29 is 4.57 Å². The fraction of sp³-hybridized carbons (Fsp3) is 0.143. The molecule has 0 bridgehead atoms. The van der Waals surface area contributed by atoms with E-state index in [2.05, 4.69) is 57.3 Å². The summed E-state index contributed by atoms with van der Waals surface area (Å²) in [7, 11) is 4.02. The minimum atomic E-state index is 1.15. The first-order valence-electron chi connectivity index (χ1n) is 5.07. The molecule has 1 aromatic carbocycles. The van der Waals surface area contributed by atoms with Crippen molar-refractivity contribution in [2.75, 3.05) is 0 Å². The number of hydrogen-bond donors (Lipinski definition) is 0. The van der Waals surface area contributed by atoms with Crippen LogP contribution in [0.1, 0.15) is 11.1 Å². The standard InChI is InChI=1S/C14H15N/c1-11-8-9-14(15(3)10-11)13-7-5-4-6-12(13)2/h4-10H,3H2,1-2H3. The SMILES string of the molecule is [CH2-][n+]1cc(C)ccc1-c1ccccc1C. The molecule has 0 unspecified atom stereocenters. The lowest BCUT2D eigenvalue weighted by atomic mass is 10.0. The maximum Gasteiger partial charge on any atom is 0.112 e. The zero-order valence-electron chi connectivity index (χ0n) is 9.20. The molecule has 0 aliphatic rings. The van der Waals surface area contributed by atoms with Crippen molar-refractivity contribution in [2.45, 2.75) is 13.8 Å². The highest BCUT2D eigenvalue weighted by Gasteiger charge is 2.04. The lowest BCUT2D eigenvalue weighted by Crippen LogP contribution is -2.28. The molecule has 1 heterocycles. The van der Waals surface area contributed by atoms with Gasteiger partial charge in [0.25, 0.3) is 0 Å². The van der Waals surface area contributed by atoms with Crippen LogP contribution in [0.5, 0.6) is 0 Å². The van der Waals surface area contributed by atoms with Crippen molar-refractivity contribution in [1.82, 2.24) is 0 Å². The van der Waals surface area contributed by atoms with Crippen LogP contribution in [0.4, 0.5) is 0 Å². The summed E-state index contributed by atoms with van der Waals surface area (Å²) in [6.07, 6.45) is 2.04. The second-order valence-electron chi connectivity index (χ2n) is 3.88. The van der Waals surface area contributed by atoms with Crippen LogP contribution in [0, 0.1) is 20.9 Å². The average Bonchev–Trinajstić information content (AvgIpc) is 2.20. The molecule has 0 radical (unpaired) electrons. The third-order valence-electron chi connectivity index (χ3n) is 2.59. The number of pyridine rings is 1. The third-order valence-corrected chi connectivity index (χ3v) is 2.59. The molecule has 0 N–H and O–H groups in total. The van der Waals surface area contributed by atoms with Gasteiger partial charge < -0.3 is 4.57 Å². The van der Waals surface area contributed by atoms with Gasteiger partial charge in [-0.15, -0.1) is 0 Å². The third kappa shape index (κ3) is 1.86. The van der Waals surface area contributed by atoms with Crippen LogP contribution in [0.3, 0.4) is 0 Å². The highest BCUT2D eigenvalue weighted by atomic mass is 14.9. The van der Waals surface area contributed by atoms with E-state index in [-0.39, 0.29) is 0 Å². The maximum atomic E-state index is 4.02. The van der Waals surface area contributed by atoms with Gasteiger partial charge in [-0.2, -0.15) is 0 Å². The van der Waals surface area contributed by atoms with Crippen LogP contribution in [0.2, 0.25) is 0 Å². The summed E-state index contributed by atoms with van der Waals surface area (Å²) in [6.45, 7) is 4.19. The summed E-state index contributed by atoms with van der Waals surface area (Å²) in [5, 5.41) is 0. The first-order valence-corrected chi connectivity index (χ1v) is 5.07. The topological polar surface area (TPSA) is 3.88 Å². The molecule has 0 aliphatic heterocycles. The Labute approximate surface area is 91.0 Å². The van der Waals surface area contributed by atoms with E-state index in [0.29, 0.717) is 0 Å². The Morgan fingerprint density at radius 1 is 1.00 bits per heavy atom. The monoisotopic (exact) mass is 197 g/mol. The van der Waals surface area contributed by atoms with Crippen LogP contribution >= 0.6 is 0 Å². The number of benzene rings is 1. The van der Waals surface area contributed by atoms with E-state index in [0.717, 1.165) is 5.69 Å². The minimum absolute atomic E-state index is 1.15. The van der Waals surface area contributed by atoms with Gasteiger partial charge in [0.15, 0.2) is 0 Å². The molecule has 1 aromatic heterocycles. The lowest BCUT2D eigenvalue weighted by molar-refractivity contribution is -0.601. The zero-order chi connectivity index (χ0) is 10.8. The quantitative estimate of drug-likeness (QED) is 0.489. The van der Waals surface area contributed by atoms with E-state index in [1.54, 1.807) is 0 Å². The highest BCUT2D eigenvalue weighted by molar-refractivity contribution is 5.60. The Balaban J connectivity index is 2.60. The van der Waals surface area contributed by atoms with Crippen LogP contribution in [-0.2, 0) is 0 Å². The molecule has 0 atom stereocenters. The Bertz CT molecular complexity index is 486. The molecular formula is C14H15N. The van der Waals surface area contributed by atoms with E-state index in [1.807, 2.05) is 10.8 Å². The number of aryl methyl sites for hydroxylation is 2. The molecule has 0 aliphatic carbocycles. The van der Waals surface area contributed by atoms with Gasteiger partial charge in [0, 0.05) is 7.05 Å². The molecule has 15 heavy (non-hydrogen) atoms. The number of nitrogens with zero attached hydrogens (tertiary/aromatic N) is 1. The smallest absolute Gasteiger partial charge is 0.112 e. The van der Waals surface area contributed by atoms with Crippen molar-refractivity contribution in [3.8, 4) is 11.3 Å². The van der Waals surface area contributed by atoms with Gasteiger partial charge in [-0.25, -0.2) is 0 Å². The van der Waals surface area contributed by atoms with Crippen molar-refractivity contribution in [2.24, 2.45) is 0 Å². The van der Waals surface area contributed by atoms with Crippen LogP contribution in [0.15, 0.2) is 42.6 Å². The van der Waals surface area contributed by atoms with E-state index >= 15 is 0 Å². The van der Waals surface area contributed by atoms with E-state index < -0.39 is 0 Å². The number of hydrogen-bond acceptors (Lipinski definition) is 0. The van der Waals surface area contributed by atoms with Crippen LogP contribution in [0.25, 0.3) is 11.3 Å². The zero-order valence-corrected chi connectivity index (χ0v) is 9.20. The first-order chi connectivity index (χ1) is 7.18. The normalized spacial score (nSPS) is 10.3. The van der Waals surface area contributed by atoms with Crippen molar-refractivity contribution in [1.29, 1.82) is 0 Å². The van der Waals surface area contributed by atoms with E-state index in [1.165, 1.54) is 16.7 Å². The number of aromatic nitrogens is 1. The molecule has 0 amide bonds.